The van der Waals surface area contributed by atoms with E-state index < -0.39 is 12.3 Å². The number of aliphatic hydroxyl groups is 1. The van der Waals surface area contributed by atoms with E-state index >= 15 is 0 Å². The van der Waals surface area contributed by atoms with Gasteiger partial charge in [-0.1, -0.05) is 0 Å². The lowest BCUT2D eigenvalue weighted by molar-refractivity contribution is -0.151. The molecule has 0 heterocycles. The third kappa shape index (κ3) is 2.66. The van der Waals surface area contributed by atoms with Gasteiger partial charge in [-0.05, 0) is 26.2 Å². The molecule has 0 spiro atoms. The second-order valence-corrected chi connectivity index (χ2v) is 3.35. The first-order valence-corrected chi connectivity index (χ1v) is 4.64. The Labute approximate surface area is 76.9 Å². The minimum Gasteiger partial charge on any atom is -0.466 e. The average Bonchev–Trinajstić information content (AvgIpc) is 2.10. The van der Waals surface area contributed by atoms with Crippen molar-refractivity contribution < 1.29 is 19.0 Å². The topological polar surface area (TPSA) is 46.5 Å². The van der Waals surface area contributed by atoms with Gasteiger partial charge in [0.1, 0.15) is 6.17 Å². The first kappa shape index (κ1) is 10.4. The Kier molecular flexibility index (Phi) is 3.66. The molecule has 4 heteroatoms. The van der Waals surface area contributed by atoms with Crippen LogP contribution in [-0.2, 0) is 9.53 Å². The molecule has 1 N–H and O–H groups in total. The summed E-state index contributed by atoms with van der Waals surface area (Å²) in [6.45, 7) is 2.05. The standard InChI is InChI=1S/C9H15FO3/c1-2-13-9(12)6-3-4-8(11)7(10)5-6/h6-8,11H,2-5H2,1H3/t6-,7?,8-/m0/s1. The molecule has 1 saturated carbocycles. The van der Waals surface area contributed by atoms with E-state index in [0.717, 1.165) is 0 Å². The van der Waals surface area contributed by atoms with Gasteiger partial charge in [-0.2, -0.15) is 0 Å². The van der Waals surface area contributed by atoms with Crippen LogP contribution in [0.5, 0.6) is 0 Å². The monoisotopic (exact) mass is 190 g/mol. The second kappa shape index (κ2) is 4.56. The Bertz CT molecular complexity index is 184. The Morgan fingerprint density at radius 2 is 2.31 bits per heavy atom. The van der Waals surface area contributed by atoms with E-state index in [0.29, 0.717) is 19.4 Å². The Morgan fingerprint density at radius 1 is 1.62 bits per heavy atom. The van der Waals surface area contributed by atoms with Crippen molar-refractivity contribution in [3.8, 4) is 0 Å². The highest BCUT2D eigenvalue weighted by Crippen LogP contribution is 2.27. The lowest BCUT2D eigenvalue weighted by Crippen LogP contribution is -2.34. The van der Waals surface area contributed by atoms with Gasteiger partial charge in [0.15, 0.2) is 0 Å². The van der Waals surface area contributed by atoms with Crippen LogP contribution < -0.4 is 0 Å². The summed E-state index contributed by atoms with van der Waals surface area (Å²) in [5.74, 6) is -0.699. The number of halogens is 1. The molecular formula is C9H15FO3. The summed E-state index contributed by atoms with van der Waals surface area (Å²) >= 11 is 0. The maximum Gasteiger partial charge on any atom is 0.309 e. The Hall–Kier alpha value is -0.640. The van der Waals surface area contributed by atoms with Gasteiger partial charge in [0.05, 0.1) is 18.6 Å². The van der Waals surface area contributed by atoms with Gasteiger partial charge in [-0.15, -0.1) is 0 Å². The molecule has 1 unspecified atom stereocenters. The summed E-state index contributed by atoms with van der Waals surface area (Å²) in [4.78, 5) is 11.2. The zero-order valence-electron chi connectivity index (χ0n) is 7.70. The lowest BCUT2D eigenvalue weighted by atomic mass is 9.86. The number of carbonyl (C=O) groups is 1. The van der Waals surface area contributed by atoms with Gasteiger partial charge in [-0.25, -0.2) is 4.39 Å². The van der Waals surface area contributed by atoms with Crippen LogP contribution in [0.2, 0.25) is 0 Å². The summed E-state index contributed by atoms with van der Waals surface area (Å²) in [5.41, 5.74) is 0. The molecule has 13 heavy (non-hydrogen) atoms. The largest absolute Gasteiger partial charge is 0.466 e. The third-order valence-corrected chi connectivity index (χ3v) is 2.36. The highest BCUT2D eigenvalue weighted by atomic mass is 19.1. The minimum absolute atomic E-state index is 0.0972. The van der Waals surface area contributed by atoms with E-state index in [1.165, 1.54) is 0 Å². The number of ether oxygens (including phenoxy) is 1. The lowest BCUT2D eigenvalue weighted by Gasteiger charge is -2.26. The van der Waals surface area contributed by atoms with E-state index in [1.807, 2.05) is 0 Å². The summed E-state index contributed by atoms with van der Waals surface area (Å²) in [6, 6.07) is 0. The van der Waals surface area contributed by atoms with Gasteiger partial charge >= 0.3 is 5.97 Å². The van der Waals surface area contributed by atoms with Crippen molar-refractivity contribution in [1.82, 2.24) is 0 Å². The van der Waals surface area contributed by atoms with Crippen LogP contribution in [0.4, 0.5) is 4.39 Å². The molecule has 1 rings (SSSR count). The number of alkyl halides is 1. The van der Waals surface area contributed by atoms with E-state index in [-0.39, 0.29) is 18.3 Å². The summed E-state index contributed by atoms with van der Waals surface area (Å²) in [6.07, 6.45) is -1.20. The molecule has 1 aliphatic rings. The normalized spacial score (nSPS) is 34.2. The summed E-state index contributed by atoms with van der Waals surface area (Å²) < 4.78 is 17.7. The maximum absolute atomic E-state index is 13.0. The van der Waals surface area contributed by atoms with Gasteiger partial charge in [-0.3, -0.25) is 4.79 Å². The molecule has 0 aromatic rings. The minimum atomic E-state index is -1.27. The van der Waals surface area contributed by atoms with Crippen molar-refractivity contribution in [3.05, 3.63) is 0 Å². The Balaban J connectivity index is 2.40. The highest BCUT2D eigenvalue weighted by molar-refractivity contribution is 5.72. The van der Waals surface area contributed by atoms with Crippen LogP contribution in [0.1, 0.15) is 26.2 Å². The van der Waals surface area contributed by atoms with Crippen LogP contribution in [0, 0.1) is 5.92 Å². The SMILES string of the molecule is CCOC(=O)[C@H]1CC[C@H](O)C(F)C1. The van der Waals surface area contributed by atoms with E-state index in [1.54, 1.807) is 6.92 Å². The predicted molar refractivity (Wildman–Crippen MR) is 44.9 cm³/mol. The van der Waals surface area contributed by atoms with Crippen molar-refractivity contribution in [1.29, 1.82) is 0 Å². The molecule has 76 valence electrons. The quantitative estimate of drug-likeness (QED) is 0.662. The maximum atomic E-state index is 13.0. The molecule has 1 fully saturated rings. The van der Waals surface area contributed by atoms with Crippen LogP contribution >= 0.6 is 0 Å². The third-order valence-electron chi connectivity index (χ3n) is 2.36. The van der Waals surface area contributed by atoms with Crippen molar-refractivity contribution in [2.75, 3.05) is 6.61 Å². The smallest absolute Gasteiger partial charge is 0.309 e. The van der Waals surface area contributed by atoms with Crippen molar-refractivity contribution >= 4 is 5.97 Å². The Morgan fingerprint density at radius 3 is 2.85 bits per heavy atom. The first-order chi connectivity index (χ1) is 6.15. The first-order valence-electron chi connectivity index (χ1n) is 4.64. The molecule has 1 aliphatic carbocycles. The van der Waals surface area contributed by atoms with E-state index in [9.17, 15) is 9.18 Å². The fourth-order valence-electron chi connectivity index (χ4n) is 1.57. The average molecular weight is 190 g/mol. The molecule has 0 aliphatic heterocycles. The van der Waals surface area contributed by atoms with E-state index in [4.69, 9.17) is 9.84 Å². The molecule has 0 radical (unpaired) electrons. The molecule has 3 atom stereocenters. The van der Waals surface area contributed by atoms with Gasteiger partial charge in [0.25, 0.3) is 0 Å². The zero-order chi connectivity index (χ0) is 9.84. The van der Waals surface area contributed by atoms with Gasteiger partial charge < -0.3 is 9.84 Å². The van der Waals surface area contributed by atoms with Crippen LogP contribution in [0.15, 0.2) is 0 Å². The summed E-state index contributed by atoms with van der Waals surface area (Å²) in [5, 5.41) is 9.08. The molecule has 0 bridgehead atoms. The van der Waals surface area contributed by atoms with Crippen molar-refractivity contribution in [2.45, 2.75) is 38.5 Å². The van der Waals surface area contributed by atoms with Gasteiger partial charge in [0, 0.05) is 0 Å². The number of hydrogen-bond acceptors (Lipinski definition) is 3. The second-order valence-electron chi connectivity index (χ2n) is 3.35. The van der Waals surface area contributed by atoms with Crippen molar-refractivity contribution in [3.63, 3.8) is 0 Å². The number of rotatable bonds is 2. The molecule has 0 saturated heterocycles. The van der Waals surface area contributed by atoms with Crippen molar-refractivity contribution in [2.24, 2.45) is 5.92 Å². The molecule has 0 aromatic heterocycles. The predicted octanol–water partition coefficient (Wildman–Crippen LogP) is 1.05. The number of carbonyl (C=O) groups excluding carboxylic acids is 1. The highest BCUT2D eigenvalue weighted by Gasteiger charge is 2.33. The fourth-order valence-corrected chi connectivity index (χ4v) is 1.57. The number of aliphatic hydroxyl groups excluding tert-OH is 1. The van der Waals surface area contributed by atoms with E-state index in [2.05, 4.69) is 0 Å². The fraction of sp³-hybridized carbons (Fsp3) is 0.889. The van der Waals surface area contributed by atoms with Crippen LogP contribution in [-0.4, -0.2) is 30.0 Å². The number of hydrogen-bond donors (Lipinski definition) is 1. The molecule has 3 nitrogen and oxygen atoms in total. The van der Waals surface area contributed by atoms with Crippen LogP contribution in [0.25, 0.3) is 0 Å². The van der Waals surface area contributed by atoms with Gasteiger partial charge in [0.2, 0.25) is 0 Å². The molecule has 0 amide bonds. The number of esters is 1. The zero-order valence-corrected chi connectivity index (χ0v) is 7.70. The molecule has 0 aromatic carbocycles. The molecular weight excluding hydrogens is 175 g/mol. The van der Waals surface area contributed by atoms with Crippen LogP contribution in [0.3, 0.4) is 0 Å². The summed E-state index contributed by atoms with van der Waals surface area (Å²) in [7, 11) is 0.